The monoisotopic (exact) mass is 371 g/mol. The summed E-state index contributed by atoms with van der Waals surface area (Å²) < 4.78 is 2.03. The predicted octanol–water partition coefficient (Wildman–Crippen LogP) is 1.53. The largest absolute Gasteiger partial charge is 0.356 e. The molecule has 144 valence electrons. The number of rotatable bonds is 8. The van der Waals surface area contributed by atoms with E-state index in [4.69, 9.17) is 0 Å². The average molecular weight is 372 g/mol. The van der Waals surface area contributed by atoms with Gasteiger partial charge in [-0.05, 0) is 32.7 Å². The maximum atomic E-state index is 12.2. The van der Waals surface area contributed by atoms with Crippen molar-refractivity contribution in [3.63, 3.8) is 0 Å². The fourth-order valence-corrected chi connectivity index (χ4v) is 3.20. The summed E-state index contributed by atoms with van der Waals surface area (Å²) in [5.74, 6) is 0.653. The first-order valence-corrected chi connectivity index (χ1v) is 9.20. The quantitative estimate of drug-likeness (QED) is 0.680. The molecule has 2 heterocycles. The van der Waals surface area contributed by atoms with Crippen molar-refractivity contribution in [3.8, 4) is 0 Å². The van der Waals surface area contributed by atoms with Crippen LogP contribution in [0.2, 0.25) is 0 Å². The summed E-state index contributed by atoms with van der Waals surface area (Å²) in [7, 11) is 0. The molecule has 1 saturated heterocycles. The van der Waals surface area contributed by atoms with Crippen LogP contribution >= 0.6 is 12.4 Å². The van der Waals surface area contributed by atoms with Crippen LogP contribution in [0.15, 0.2) is 0 Å². The minimum Gasteiger partial charge on any atom is -0.356 e. The summed E-state index contributed by atoms with van der Waals surface area (Å²) >= 11 is 0. The zero-order valence-electron chi connectivity index (χ0n) is 16.1. The van der Waals surface area contributed by atoms with Crippen molar-refractivity contribution in [2.24, 2.45) is 5.92 Å². The van der Waals surface area contributed by atoms with Gasteiger partial charge in [0.05, 0.1) is 12.1 Å². The lowest BCUT2D eigenvalue weighted by Gasteiger charge is -2.27. The first kappa shape index (κ1) is 21.9. The number of hydrogen-bond donors (Lipinski definition) is 2. The number of aromatic nitrogens is 2. The van der Waals surface area contributed by atoms with E-state index in [1.165, 1.54) is 0 Å². The lowest BCUT2D eigenvalue weighted by molar-refractivity contribution is -0.120. The molecule has 0 spiro atoms. The van der Waals surface area contributed by atoms with Crippen LogP contribution in [-0.4, -0.2) is 59.9 Å². The zero-order chi connectivity index (χ0) is 17.5. The van der Waals surface area contributed by atoms with Crippen LogP contribution in [0.5, 0.6) is 0 Å². The van der Waals surface area contributed by atoms with Crippen LogP contribution in [-0.2, 0) is 17.8 Å². The van der Waals surface area contributed by atoms with Crippen LogP contribution in [0.4, 0.5) is 0 Å². The molecule has 0 atom stereocenters. The van der Waals surface area contributed by atoms with Gasteiger partial charge in [0.2, 0.25) is 5.91 Å². The molecule has 1 aliphatic rings. The number of halogens is 1. The lowest BCUT2D eigenvalue weighted by Crippen LogP contribution is -2.44. The Bertz CT molecular complexity index is 538. The molecule has 25 heavy (non-hydrogen) atoms. The maximum Gasteiger partial charge on any atom is 0.224 e. The van der Waals surface area contributed by atoms with E-state index < -0.39 is 0 Å². The van der Waals surface area contributed by atoms with E-state index in [9.17, 15) is 4.79 Å². The van der Waals surface area contributed by atoms with E-state index in [1.807, 2.05) is 11.6 Å². The highest BCUT2D eigenvalue weighted by molar-refractivity contribution is 5.85. The highest BCUT2D eigenvalue weighted by Crippen LogP contribution is 2.15. The Kier molecular flexibility index (Phi) is 9.46. The Morgan fingerprint density at radius 2 is 1.96 bits per heavy atom. The van der Waals surface area contributed by atoms with Gasteiger partial charge in [-0.2, -0.15) is 5.10 Å². The second-order valence-corrected chi connectivity index (χ2v) is 7.20. The molecule has 1 fully saturated rings. The second-order valence-electron chi connectivity index (χ2n) is 7.20. The topological polar surface area (TPSA) is 62.2 Å². The SMILES string of the molecule is Cc1nn(CC(C)C)c(C)c1CC(=O)NCCCN1CCNCC1.Cl. The van der Waals surface area contributed by atoms with Gasteiger partial charge in [-0.15, -0.1) is 12.4 Å². The molecular weight excluding hydrogens is 338 g/mol. The third-order valence-electron chi connectivity index (χ3n) is 4.59. The number of amides is 1. The van der Waals surface area contributed by atoms with E-state index >= 15 is 0 Å². The summed E-state index contributed by atoms with van der Waals surface area (Å²) in [6.07, 6.45) is 1.44. The highest BCUT2D eigenvalue weighted by atomic mass is 35.5. The number of piperazine rings is 1. The summed E-state index contributed by atoms with van der Waals surface area (Å²) in [5.41, 5.74) is 3.18. The highest BCUT2D eigenvalue weighted by Gasteiger charge is 2.15. The molecule has 0 bridgehead atoms. The number of carbonyl (C=O) groups excluding carboxylic acids is 1. The normalized spacial score (nSPS) is 15.2. The van der Waals surface area contributed by atoms with E-state index in [0.29, 0.717) is 12.3 Å². The average Bonchev–Trinajstić information content (AvgIpc) is 2.79. The van der Waals surface area contributed by atoms with Gasteiger partial charge in [0.25, 0.3) is 0 Å². The van der Waals surface area contributed by atoms with Crippen molar-refractivity contribution in [1.29, 1.82) is 0 Å². The van der Waals surface area contributed by atoms with Crippen molar-refractivity contribution in [2.45, 2.75) is 47.1 Å². The van der Waals surface area contributed by atoms with Crippen LogP contribution in [0, 0.1) is 19.8 Å². The minimum atomic E-state index is 0. The molecule has 0 radical (unpaired) electrons. The van der Waals surface area contributed by atoms with Crippen LogP contribution in [0.3, 0.4) is 0 Å². The number of nitrogens with one attached hydrogen (secondary N) is 2. The molecule has 7 heteroatoms. The molecule has 1 aliphatic heterocycles. The van der Waals surface area contributed by atoms with Crippen molar-refractivity contribution >= 4 is 18.3 Å². The Balaban J connectivity index is 0.00000312. The smallest absolute Gasteiger partial charge is 0.224 e. The molecule has 0 saturated carbocycles. The summed E-state index contributed by atoms with van der Waals surface area (Å²) in [6.45, 7) is 15.5. The molecule has 1 amide bonds. The number of hydrogen-bond acceptors (Lipinski definition) is 4. The predicted molar refractivity (Wildman–Crippen MR) is 104 cm³/mol. The van der Waals surface area contributed by atoms with Gasteiger partial charge in [-0.1, -0.05) is 13.8 Å². The minimum absolute atomic E-state index is 0. The lowest BCUT2D eigenvalue weighted by atomic mass is 10.1. The van der Waals surface area contributed by atoms with E-state index in [1.54, 1.807) is 0 Å². The Labute approximate surface area is 158 Å². The molecule has 1 aromatic rings. The molecular formula is C18H34ClN5O. The molecule has 2 N–H and O–H groups in total. The fraction of sp³-hybridized carbons (Fsp3) is 0.778. The molecule has 1 aromatic heterocycles. The number of aryl methyl sites for hydroxylation is 1. The van der Waals surface area contributed by atoms with Gasteiger partial charge in [0.15, 0.2) is 0 Å². The molecule has 0 aliphatic carbocycles. The van der Waals surface area contributed by atoms with Crippen molar-refractivity contribution in [3.05, 3.63) is 17.0 Å². The first-order chi connectivity index (χ1) is 11.5. The van der Waals surface area contributed by atoms with E-state index in [-0.39, 0.29) is 18.3 Å². The summed E-state index contributed by atoms with van der Waals surface area (Å²) in [4.78, 5) is 14.7. The van der Waals surface area contributed by atoms with Gasteiger partial charge in [0, 0.05) is 50.5 Å². The second kappa shape index (κ2) is 10.8. The van der Waals surface area contributed by atoms with Gasteiger partial charge in [-0.25, -0.2) is 0 Å². The third kappa shape index (κ3) is 6.96. The van der Waals surface area contributed by atoms with E-state index in [2.05, 4.69) is 41.4 Å². The fourth-order valence-electron chi connectivity index (χ4n) is 3.20. The van der Waals surface area contributed by atoms with Gasteiger partial charge in [0.1, 0.15) is 0 Å². The zero-order valence-corrected chi connectivity index (χ0v) is 16.9. The van der Waals surface area contributed by atoms with Crippen LogP contribution < -0.4 is 10.6 Å². The molecule has 0 aromatic carbocycles. The van der Waals surface area contributed by atoms with Crippen molar-refractivity contribution in [2.75, 3.05) is 39.3 Å². The van der Waals surface area contributed by atoms with E-state index in [0.717, 1.165) is 69.2 Å². The first-order valence-electron chi connectivity index (χ1n) is 9.20. The van der Waals surface area contributed by atoms with Gasteiger partial charge in [-0.3, -0.25) is 9.48 Å². The van der Waals surface area contributed by atoms with Crippen molar-refractivity contribution < 1.29 is 4.79 Å². The van der Waals surface area contributed by atoms with Gasteiger partial charge >= 0.3 is 0 Å². The van der Waals surface area contributed by atoms with Gasteiger partial charge < -0.3 is 15.5 Å². The number of nitrogens with zero attached hydrogens (tertiary/aromatic N) is 3. The Morgan fingerprint density at radius 3 is 2.60 bits per heavy atom. The maximum absolute atomic E-state index is 12.2. The molecule has 6 nitrogen and oxygen atoms in total. The summed E-state index contributed by atoms with van der Waals surface area (Å²) in [6, 6.07) is 0. The van der Waals surface area contributed by atoms with Crippen LogP contribution in [0.25, 0.3) is 0 Å². The molecule has 2 rings (SSSR count). The third-order valence-corrected chi connectivity index (χ3v) is 4.59. The van der Waals surface area contributed by atoms with Crippen LogP contribution in [0.1, 0.15) is 37.2 Å². The standard InChI is InChI=1S/C18H33N5O.ClH/c1-14(2)13-23-16(4)17(15(3)21-23)12-18(24)20-6-5-9-22-10-7-19-8-11-22;/h14,19H,5-13H2,1-4H3,(H,20,24);1H. The summed E-state index contributed by atoms with van der Waals surface area (Å²) in [5, 5.41) is 11.0. The Morgan fingerprint density at radius 1 is 1.28 bits per heavy atom. The molecule has 0 unspecified atom stereocenters. The van der Waals surface area contributed by atoms with Crippen molar-refractivity contribution in [1.82, 2.24) is 25.3 Å². The number of carbonyl (C=O) groups is 1. The Hall–Kier alpha value is -1.11.